The molecule has 1 aromatic heterocycles. The zero-order chi connectivity index (χ0) is 10.6. The van der Waals surface area contributed by atoms with E-state index in [1.807, 2.05) is 0 Å². The number of amides is 2. The van der Waals surface area contributed by atoms with Crippen molar-refractivity contribution in [3.63, 3.8) is 0 Å². The van der Waals surface area contributed by atoms with Crippen molar-refractivity contribution in [1.29, 1.82) is 0 Å². The van der Waals surface area contributed by atoms with E-state index in [0.29, 0.717) is 6.54 Å². The molecule has 0 radical (unpaired) electrons. The molecule has 0 saturated heterocycles. The molecule has 14 heavy (non-hydrogen) atoms. The molecule has 76 valence electrons. The van der Waals surface area contributed by atoms with Crippen LogP contribution in [0.15, 0.2) is 12.1 Å². The third-order valence-electron chi connectivity index (χ3n) is 1.52. The molecule has 1 heterocycles. The average molecular weight is 214 g/mol. The Kier molecular flexibility index (Phi) is 3.47. The first-order valence-electron chi connectivity index (χ1n) is 3.91. The Hall–Kier alpha value is -1.56. The number of hydrogen-bond acceptors (Lipinski definition) is 3. The summed E-state index contributed by atoms with van der Waals surface area (Å²) in [5.74, 6) is -0.943. The second-order valence-electron chi connectivity index (χ2n) is 2.50. The number of aromatic carboxylic acids is 1. The Labute approximate surface area is 84.7 Å². The number of nitrogens with one attached hydrogen (secondary N) is 2. The Morgan fingerprint density at radius 1 is 1.50 bits per heavy atom. The fraction of sp³-hybridized carbons (Fsp3) is 0.250. The molecule has 2 amide bonds. The Balaban J connectivity index is 2.52. The second-order valence-corrected chi connectivity index (χ2v) is 3.67. The quantitative estimate of drug-likeness (QED) is 0.698. The van der Waals surface area contributed by atoms with Crippen LogP contribution in [0.1, 0.15) is 14.5 Å². The lowest BCUT2D eigenvalue weighted by Gasteiger charge is -2.00. The number of carbonyl (C=O) groups is 2. The average Bonchev–Trinajstić information content (AvgIpc) is 2.62. The molecule has 0 aromatic carbocycles. The Bertz CT molecular complexity index is 348. The van der Waals surface area contributed by atoms with Crippen molar-refractivity contribution >= 4 is 23.3 Å². The maximum absolute atomic E-state index is 10.8. The van der Waals surface area contributed by atoms with Crippen LogP contribution in [0.2, 0.25) is 0 Å². The van der Waals surface area contributed by atoms with E-state index in [-0.39, 0.29) is 10.9 Å². The molecule has 1 aromatic rings. The summed E-state index contributed by atoms with van der Waals surface area (Å²) in [5.41, 5.74) is 0. The van der Waals surface area contributed by atoms with Gasteiger partial charge in [0.25, 0.3) is 0 Å². The number of hydrogen-bond donors (Lipinski definition) is 3. The highest BCUT2D eigenvalue weighted by Gasteiger charge is 2.06. The van der Waals surface area contributed by atoms with Gasteiger partial charge in [0.05, 0.1) is 6.54 Å². The van der Waals surface area contributed by atoms with Crippen LogP contribution in [0.3, 0.4) is 0 Å². The van der Waals surface area contributed by atoms with E-state index >= 15 is 0 Å². The van der Waals surface area contributed by atoms with Gasteiger partial charge in [0.1, 0.15) is 4.88 Å². The predicted octanol–water partition coefficient (Wildman–Crippen LogP) is 0.875. The van der Waals surface area contributed by atoms with Gasteiger partial charge in [-0.05, 0) is 12.1 Å². The highest BCUT2D eigenvalue weighted by Crippen LogP contribution is 2.15. The van der Waals surface area contributed by atoms with Gasteiger partial charge in [-0.3, -0.25) is 0 Å². The molecule has 0 saturated carbocycles. The summed E-state index contributed by atoms with van der Waals surface area (Å²) in [6.07, 6.45) is 0. The SMILES string of the molecule is CNC(=O)NCc1ccc(C(=O)O)s1. The first kappa shape index (κ1) is 10.5. The summed E-state index contributed by atoms with van der Waals surface area (Å²) in [6.45, 7) is 0.345. The van der Waals surface area contributed by atoms with Crippen molar-refractivity contribution in [2.45, 2.75) is 6.54 Å². The van der Waals surface area contributed by atoms with Gasteiger partial charge in [-0.25, -0.2) is 9.59 Å². The summed E-state index contributed by atoms with van der Waals surface area (Å²) in [4.78, 5) is 22.4. The minimum Gasteiger partial charge on any atom is -0.477 e. The van der Waals surface area contributed by atoms with E-state index in [0.717, 1.165) is 16.2 Å². The lowest BCUT2D eigenvalue weighted by atomic mass is 10.4. The lowest BCUT2D eigenvalue weighted by molar-refractivity contribution is 0.0702. The van der Waals surface area contributed by atoms with Gasteiger partial charge >= 0.3 is 12.0 Å². The normalized spacial score (nSPS) is 9.50. The van der Waals surface area contributed by atoms with Gasteiger partial charge in [0, 0.05) is 11.9 Å². The topological polar surface area (TPSA) is 78.4 Å². The zero-order valence-electron chi connectivity index (χ0n) is 7.53. The molecule has 0 aliphatic rings. The third-order valence-corrected chi connectivity index (χ3v) is 2.60. The molecular weight excluding hydrogens is 204 g/mol. The Morgan fingerprint density at radius 3 is 2.71 bits per heavy atom. The molecule has 0 spiro atoms. The predicted molar refractivity (Wildman–Crippen MR) is 52.6 cm³/mol. The van der Waals surface area contributed by atoms with Crippen molar-refractivity contribution < 1.29 is 14.7 Å². The fourth-order valence-electron chi connectivity index (χ4n) is 0.844. The van der Waals surface area contributed by atoms with E-state index in [2.05, 4.69) is 10.6 Å². The van der Waals surface area contributed by atoms with Gasteiger partial charge < -0.3 is 15.7 Å². The smallest absolute Gasteiger partial charge is 0.345 e. The highest BCUT2D eigenvalue weighted by atomic mass is 32.1. The molecule has 6 heteroatoms. The van der Waals surface area contributed by atoms with E-state index in [9.17, 15) is 9.59 Å². The fourth-order valence-corrected chi connectivity index (χ4v) is 1.63. The number of urea groups is 1. The molecule has 1 rings (SSSR count). The lowest BCUT2D eigenvalue weighted by Crippen LogP contribution is -2.31. The minimum absolute atomic E-state index is 0.277. The number of rotatable bonds is 3. The van der Waals surface area contributed by atoms with Crippen molar-refractivity contribution in [3.05, 3.63) is 21.9 Å². The molecule has 0 aliphatic heterocycles. The molecule has 0 bridgehead atoms. The van der Waals surface area contributed by atoms with Crippen LogP contribution in [0.25, 0.3) is 0 Å². The summed E-state index contributed by atoms with van der Waals surface area (Å²) < 4.78 is 0. The summed E-state index contributed by atoms with van der Waals surface area (Å²) >= 11 is 1.15. The molecule has 0 atom stereocenters. The van der Waals surface area contributed by atoms with E-state index in [1.54, 1.807) is 6.07 Å². The molecule has 0 unspecified atom stereocenters. The highest BCUT2D eigenvalue weighted by molar-refractivity contribution is 7.13. The monoisotopic (exact) mass is 214 g/mol. The maximum Gasteiger partial charge on any atom is 0.345 e. The van der Waals surface area contributed by atoms with Gasteiger partial charge in [-0.15, -0.1) is 11.3 Å². The van der Waals surface area contributed by atoms with Crippen LogP contribution in [0.4, 0.5) is 4.79 Å². The van der Waals surface area contributed by atoms with Crippen molar-refractivity contribution in [2.75, 3.05) is 7.05 Å². The summed E-state index contributed by atoms with van der Waals surface area (Å²) in [7, 11) is 1.52. The largest absolute Gasteiger partial charge is 0.477 e. The molecule has 5 nitrogen and oxygen atoms in total. The molecule has 0 fully saturated rings. The summed E-state index contributed by atoms with van der Waals surface area (Å²) in [6, 6.07) is 2.92. The maximum atomic E-state index is 10.8. The van der Waals surface area contributed by atoms with Crippen LogP contribution < -0.4 is 10.6 Å². The standard InChI is InChI=1S/C8H10N2O3S/c1-9-8(13)10-4-5-2-3-6(14-5)7(11)12/h2-3H,4H2,1H3,(H,11,12)(H2,9,10,13). The van der Waals surface area contributed by atoms with Crippen molar-refractivity contribution in [3.8, 4) is 0 Å². The minimum atomic E-state index is -0.943. The van der Waals surface area contributed by atoms with Gasteiger partial charge in [0.15, 0.2) is 0 Å². The van der Waals surface area contributed by atoms with Gasteiger partial charge in [-0.1, -0.05) is 0 Å². The number of carboxylic acids is 1. The second kappa shape index (κ2) is 4.61. The van der Waals surface area contributed by atoms with E-state index in [1.165, 1.54) is 13.1 Å². The van der Waals surface area contributed by atoms with Crippen LogP contribution in [0, 0.1) is 0 Å². The van der Waals surface area contributed by atoms with Gasteiger partial charge in [-0.2, -0.15) is 0 Å². The van der Waals surface area contributed by atoms with Crippen LogP contribution in [-0.4, -0.2) is 24.2 Å². The Morgan fingerprint density at radius 2 is 2.21 bits per heavy atom. The zero-order valence-corrected chi connectivity index (χ0v) is 8.35. The van der Waals surface area contributed by atoms with Crippen molar-refractivity contribution in [2.24, 2.45) is 0 Å². The van der Waals surface area contributed by atoms with E-state index in [4.69, 9.17) is 5.11 Å². The summed E-state index contributed by atoms with van der Waals surface area (Å²) in [5, 5.41) is 13.6. The molecule has 0 aliphatic carbocycles. The van der Waals surface area contributed by atoms with Gasteiger partial charge in [0.2, 0.25) is 0 Å². The first-order valence-corrected chi connectivity index (χ1v) is 4.72. The number of thiophene rings is 1. The number of carbonyl (C=O) groups excluding carboxylic acids is 1. The van der Waals surface area contributed by atoms with E-state index < -0.39 is 5.97 Å². The number of carboxylic acid groups (broad SMARTS) is 1. The van der Waals surface area contributed by atoms with Crippen LogP contribution >= 0.6 is 11.3 Å². The molecular formula is C8H10N2O3S. The van der Waals surface area contributed by atoms with Crippen LogP contribution in [0.5, 0.6) is 0 Å². The van der Waals surface area contributed by atoms with Crippen LogP contribution in [-0.2, 0) is 6.54 Å². The van der Waals surface area contributed by atoms with Crippen molar-refractivity contribution in [1.82, 2.24) is 10.6 Å². The first-order chi connectivity index (χ1) is 6.63. The third kappa shape index (κ3) is 2.74. The molecule has 3 N–H and O–H groups in total.